The van der Waals surface area contributed by atoms with E-state index in [2.05, 4.69) is 10.6 Å². The SMILES string of the molecule is CC(=O)OC1CC[C@@H](NC(=O)OC(C)(C)C)[C@@H](NC(=O)OC(C)(C)C)C1. The van der Waals surface area contributed by atoms with Crippen LogP contribution in [-0.2, 0) is 19.0 Å². The molecular weight excluding hydrogens is 340 g/mol. The average molecular weight is 372 g/mol. The molecule has 0 heterocycles. The molecule has 26 heavy (non-hydrogen) atoms. The predicted octanol–water partition coefficient (Wildman–Crippen LogP) is 2.89. The van der Waals surface area contributed by atoms with Gasteiger partial charge in [0.1, 0.15) is 17.3 Å². The second-order valence-electron chi connectivity index (χ2n) is 8.55. The van der Waals surface area contributed by atoms with E-state index in [1.807, 2.05) is 0 Å². The molecule has 1 fully saturated rings. The van der Waals surface area contributed by atoms with Crippen molar-refractivity contribution in [1.82, 2.24) is 10.6 Å². The van der Waals surface area contributed by atoms with Gasteiger partial charge in [-0.2, -0.15) is 0 Å². The molecule has 1 aliphatic rings. The Labute approximate surface area is 155 Å². The first-order valence-corrected chi connectivity index (χ1v) is 8.91. The van der Waals surface area contributed by atoms with Gasteiger partial charge >= 0.3 is 18.2 Å². The van der Waals surface area contributed by atoms with Crippen LogP contribution in [0.2, 0.25) is 0 Å². The molecule has 0 aromatic rings. The molecule has 2 amide bonds. The van der Waals surface area contributed by atoms with Gasteiger partial charge in [-0.15, -0.1) is 0 Å². The molecule has 0 aromatic carbocycles. The first-order chi connectivity index (χ1) is 11.7. The van der Waals surface area contributed by atoms with Crippen LogP contribution < -0.4 is 10.6 Å². The summed E-state index contributed by atoms with van der Waals surface area (Å²) < 4.78 is 15.8. The normalized spacial score (nSPS) is 23.6. The third-order valence-electron chi connectivity index (χ3n) is 3.54. The molecule has 150 valence electrons. The van der Waals surface area contributed by atoms with E-state index in [4.69, 9.17) is 14.2 Å². The van der Waals surface area contributed by atoms with Gasteiger partial charge in [-0.1, -0.05) is 0 Å². The summed E-state index contributed by atoms with van der Waals surface area (Å²) in [7, 11) is 0. The van der Waals surface area contributed by atoms with Crippen molar-refractivity contribution < 1.29 is 28.6 Å². The highest BCUT2D eigenvalue weighted by atomic mass is 16.6. The lowest BCUT2D eigenvalue weighted by atomic mass is 9.88. The van der Waals surface area contributed by atoms with Crippen molar-refractivity contribution in [2.75, 3.05) is 0 Å². The molecule has 0 saturated heterocycles. The number of hydrogen-bond acceptors (Lipinski definition) is 6. The molecular formula is C18H32N2O6. The number of rotatable bonds is 3. The number of nitrogens with one attached hydrogen (secondary N) is 2. The Hall–Kier alpha value is -1.99. The van der Waals surface area contributed by atoms with Gasteiger partial charge in [-0.25, -0.2) is 9.59 Å². The summed E-state index contributed by atoms with van der Waals surface area (Å²) in [6.07, 6.45) is 0.0687. The molecule has 3 atom stereocenters. The van der Waals surface area contributed by atoms with E-state index in [9.17, 15) is 14.4 Å². The van der Waals surface area contributed by atoms with Crippen LogP contribution in [0.4, 0.5) is 9.59 Å². The average Bonchev–Trinajstić information content (AvgIpc) is 2.36. The summed E-state index contributed by atoms with van der Waals surface area (Å²) in [6.45, 7) is 12.0. The van der Waals surface area contributed by atoms with Gasteiger partial charge in [0, 0.05) is 13.3 Å². The van der Waals surface area contributed by atoms with Gasteiger partial charge in [-0.3, -0.25) is 4.79 Å². The third-order valence-corrected chi connectivity index (χ3v) is 3.54. The van der Waals surface area contributed by atoms with Crippen molar-refractivity contribution in [2.24, 2.45) is 0 Å². The lowest BCUT2D eigenvalue weighted by molar-refractivity contribution is -0.148. The molecule has 0 spiro atoms. The van der Waals surface area contributed by atoms with Crippen molar-refractivity contribution in [2.45, 2.75) is 97.1 Å². The number of esters is 1. The second kappa shape index (κ2) is 8.60. The van der Waals surface area contributed by atoms with Gasteiger partial charge in [0.25, 0.3) is 0 Å². The van der Waals surface area contributed by atoms with Crippen molar-refractivity contribution in [3.63, 3.8) is 0 Å². The van der Waals surface area contributed by atoms with Crippen LogP contribution in [0.15, 0.2) is 0 Å². The van der Waals surface area contributed by atoms with E-state index in [-0.39, 0.29) is 18.1 Å². The van der Waals surface area contributed by atoms with Crippen molar-refractivity contribution in [3.8, 4) is 0 Å². The maximum atomic E-state index is 12.1. The Balaban J connectivity index is 2.77. The molecule has 0 bridgehead atoms. The summed E-state index contributed by atoms with van der Waals surface area (Å²) in [4.78, 5) is 35.4. The van der Waals surface area contributed by atoms with E-state index in [1.54, 1.807) is 41.5 Å². The zero-order valence-corrected chi connectivity index (χ0v) is 16.8. The fraction of sp³-hybridized carbons (Fsp3) is 0.833. The van der Waals surface area contributed by atoms with Gasteiger partial charge in [-0.05, 0) is 54.4 Å². The Kier molecular flexibility index (Phi) is 7.29. The van der Waals surface area contributed by atoms with Crippen LogP contribution in [0.25, 0.3) is 0 Å². The van der Waals surface area contributed by atoms with Crippen LogP contribution in [0.1, 0.15) is 67.7 Å². The smallest absolute Gasteiger partial charge is 0.407 e. The fourth-order valence-corrected chi connectivity index (χ4v) is 2.72. The minimum Gasteiger partial charge on any atom is -0.462 e. The minimum absolute atomic E-state index is 0.316. The highest BCUT2D eigenvalue weighted by Gasteiger charge is 2.35. The van der Waals surface area contributed by atoms with Gasteiger partial charge in [0.15, 0.2) is 0 Å². The van der Waals surface area contributed by atoms with E-state index in [0.717, 1.165) is 0 Å². The van der Waals surface area contributed by atoms with Gasteiger partial charge in [0.2, 0.25) is 0 Å². The highest BCUT2D eigenvalue weighted by molar-refractivity contribution is 5.70. The zero-order valence-electron chi connectivity index (χ0n) is 16.8. The highest BCUT2D eigenvalue weighted by Crippen LogP contribution is 2.23. The maximum Gasteiger partial charge on any atom is 0.407 e. The first-order valence-electron chi connectivity index (χ1n) is 8.91. The fourth-order valence-electron chi connectivity index (χ4n) is 2.72. The summed E-state index contributed by atoms with van der Waals surface area (Å²) >= 11 is 0. The molecule has 8 heteroatoms. The molecule has 8 nitrogen and oxygen atoms in total. The number of hydrogen-bond donors (Lipinski definition) is 2. The Morgan fingerprint density at radius 3 is 1.69 bits per heavy atom. The Morgan fingerprint density at radius 1 is 0.808 bits per heavy atom. The maximum absolute atomic E-state index is 12.1. The monoisotopic (exact) mass is 372 g/mol. The number of carbonyl (C=O) groups excluding carboxylic acids is 3. The molecule has 0 radical (unpaired) electrons. The first kappa shape index (κ1) is 22.1. The van der Waals surface area contributed by atoms with Crippen LogP contribution in [0, 0.1) is 0 Å². The summed E-state index contributed by atoms with van der Waals surface area (Å²) in [5, 5.41) is 5.57. The topological polar surface area (TPSA) is 103 Å². The zero-order chi connectivity index (χ0) is 20.1. The standard InChI is InChI=1S/C18H32N2O6/c1-11(21)24-12-8-9-13(19-15(22)25-17(2,3)4)14(10-12)20-16(23)26-18(5,6)7/h12-14H,8-10H2,1-7H3,(H,19,22)(H,20,23)/t12?,13-,14+/m1/s1. The van der Waals surface area contributed by atoms with Crippen molar-refractivity contribution >= 4 is 18.2 Å². The van der Waals surface area contributed by atoms with E-state index in [1.165, 1.54) is 6.92 Å². The Bertz CT molecular complexity index is 521. The lowest BCUT2D eigenvalue weighted by Crippen LogP contribution is -2.56. The summed E-state index contributed by atoms with van der Waals surface area (Å²) in [5.74, 6) is -0.371. The molecule has 1 saturated carbocycles. The largest absolute Gasteiger partial charge is 0.462 e. The van der Waals surface area contributed by atoms with E-state index in [0.29, 0.717) is 19.3 Å². The van der Waals surface area contributed by atoms with Crippen LogP contribution >= 0.6 is 0 Å². The molecule has 1 aliphatic carbocycles. The molecule has 0 aromatic heterocycles. The quantitative estimate of drug-likeness (QED) is 0.583. The van der Waals surface area contributed by atoms with Gasteiger partial charge in [0.05, 0.1) is 12.1 Å². The van der Waals surface area contributed by atoms with Crippen molar-refractivity contribution in [1.29, 1.82) is 0 Å². The minimum atomic E-state index is -0.637. The number of ether oxygens (including phenoxy) is 3. The van der Waals surface area contributed by atoms with E-state index < -0.39 is 29.4 Å². The Morgan fingerprint density at radius 2 is 1.27 bits per heavy atom. The molecule has 0 aliphatic heterocycles. The van der Waals surface area contributed by atoms with E-state index >= 15 is 0 Å². The summed E-state index contributed by atoms with van der Waals surface area (Å²) in [5.41, 5.74) is -1.25. The summed E-state index contributed by atoms with van der Waals surface area (Å²) in [6, 6.07) is -0.778. The molecule has 1 rings (SSSR count). The molecule has 2 N–H and O–H groups in total. The predicted molar refractivity (Wildman–Crippen MR) is 95.7 cm³/mol. The molecule has 1 unspecified atom stereocenters. The number of alkyl carbamates (subject to hydrolysis) is 2. The van der Waals surface area contributed by atoms with Crippen molar-refractivity contribution in [3.05, 3.63) is 0 Å². The third kappa shape index (κ3) is 8.92. The second-order valence-corrected chi connectivity index (χ2v) is 8.55. The lowest BCUT2D eigenvalue weighted by Gasteiger charge is -2.37. The van der Waals surface area contributed by atoms with Crippen LogP contribution in [-0.4, -0.2) is 47.5 Å². The van der Waals surface area contributed by atoms with Crippen LogP contribution in [0.3, 0.4) is 0 Å². The van der Waals surface area contributed by atoms with Gasteiger partial charge < -0.3 is 24.8 Å². The number of amides is 2. The van der Waals surface area contributed by atoms with Crippen LogP contribution in [0.5, 0.6) is 0 Å². The number of carbonyl (C=O) groups is 3.